The predicted molar refractivity (Wildman–Crippen MR) is 117 cm³/mol. The van der Waals surface area contributed by atoms with Crippen LogP contribution in [0, 0.1) is 13.8 Å². The van der Waals surface area contributed by atoms with Crippen molar-refractivity contribution in [3.05, 3.63) is 90.0 Å². The Kier molecular flexibility index (Phi) is 3.95. The summed E-state index contributed by atoms with van der Waals surface area (Å²) in [7, 11) is 0. The van der Waals surface area contributed by atoms with E-state index in [-0.39, 0.29) is 5.91 Å². The van der Waals surface area contributed by atoms with Crippen molar-refractivity contribution >= 4 is 33.4 Å². The van der Waals surface area contributed by atoms with Gasteiger partial charge in [0.1, 0.15) is 0 Å². The number of carbonyl (C=O) groups is 1. The number of amides is 1. The molecule has 0 aliphatic rings. The molecule has 0 atom stereocenters. The van der Waals surface area contributed by atoms with Crippen LogP contribution in [0.4, 0.5) is 5.69 Å². The van der Waals surface area contributed by atoms with E-state index in [1.54, 1.807) is 6.33 Å². The molecule has 0 saturated carbocycles. The first-order chi connectivity index (χ1) is 14.1. The van der Waals surface area contributed by atoms with Gasteiger partial charge in [-0.15, -0.1) is 0 Å². The highest BCUT2D eigenvalue weighted by Gasteiger charge is 2.14. The van der Waals surface area contributed by atoms with Crippen molar-refractivity contribution in [3.8, 4) is 5.69 Å². The van der Waals surface area contributed by atoms with Crippen LogP contribution in [0.15, 0.2) is 73.1 Å². The summed E-state index contributed by atoms with van der Waals surface area (Å²) in [5.74, 6) is -0.141. The number of aromatic amines is 1. The molecule has 2 aromatic heterocycles. The van der Waals surface area contributed by atoms with Gasteiger partial charge in [-0.1, -0.05) is 36.4 Å². The van der Waals surface area contributed by atoms with Crippen molar-refractivity contribution in [2.75, 3.05) is 5.32 Å². The number of imidazole rings is 1. The molecule has 0 saturated heterocycles. The molecule has 5 heteroatoms. The monoisotopic (exact) mass is 380 g/mol. The van der Waals surface area contributed by atoms with Gasteiger partial charge in [0, 0.05) is 33.4 Å². The maximum Gasteiger partial charge on any atom is 0.257 e. The zero-order valence-corrected chi connectivity index (χ0v) is 16.2. The number of para-hydroxylation sites is 2. The van der Waals surface area contributed by atoms with Gasteiger partial charge in [0.15, 0.2) is 0 Å². The number of hydrogen-bond acceptors (Lipinski definition) is 2. The molecule has 5 nitrogen and oxygen atoms in total. The average molecular weight is 380 g/mol. The molecule has 0 unspecified atom stereocenters. The first-order valence-electron chi connectivity index (χ1n) is 9.53. The number of hydrogen-bond donors (Lipinski definition) is 2. The van der Waals surface area contributed by atoms with Crippen molar-refractivity contribution in [2.24, 2.45) is 0 Å². The second-order valence-electron chi connectivity index (χ2n) is 7.19. The number of aromatic nitrogens is 3. The number of rotatable bonds is 3. The summed E-state index contributed by atoms with van der Waals surface area (Å²) in [5.41, 5.74) is 6.27. The van der Waals surface area contributed by atoms with E-state index in [2.05, 4.69) is 21.4 Å². The second kappa shape index (κ2) is 6.63. The normalized spacial score (nSPS) is 11.2. The number of H-pyrrole nitrogens is 1. The molecule has 142 valence electrons. The maximum atomic E-state index is 13.1. The molecule has 0 aliphatic heterocycles. The highest BCUT2D eigenvalue weighted by molar-refractivity contribution is 6.17. The third-order valence-electron chi connectivity index (χ3n) is 5.42. The van der Waals surface area contributed by atoms with Gasteiger partial charge in [-0.05, 0) is 44.2 Å². The van der Waals surface area contributed by atoms with E-state index in [9.17, 15) is 4.79 Å². The first kappa shape index (κ1) is 17.3. The number of anilines is 1. The minimum Gasteiger partial charge on any atom is -0.354 e. The summed E-state index contributed by atoms with van der Waals surface area (Å²) < 4.78 is 2.02. The molecule has 2 heterocycles. The quantitative estimate of drug-likeness (QED) is 0.442. The average Bonchev–Trinajstić information content (AvgIpc) is 3.28. The number of carbonyl (C=O) groups excluding carboxylic acids is 1. The molecule has 0 bridgehead atoms. The summed E-state index contributed by atoms with van der Waals surface area (Å²) in [6, 6.07) is 21.7. The topological polar surface area (TPSA) is 62.7 Å². The fourth-order valence-electron chi connectivity index (χ4n) is 3.75. The van der Waals surface area contributed by atoms with Gasteiger partial charge in [-0.25, -0.2) is 4.98 Å². The van der Waals surface area contributed by atoms with Gasteiger partial charge in [0.05, 0.1) is 23.1 Å². The first-order valence-corrected chi connectivity index (χ1v) is 9.53. The van der Waals surface area contributed by atoms with Gasteiger partial charge in [0.25, 0.3) is 5.91 Å². The minimum atomic E-state index is -0.141. The van der Waals surface area contributed by atoms with Crippen LogP contribution in [0.25, 0.3) is 27.5 Å². The van der Waals surface area contributed by atoms with Crippen LogP contribution in [0.2, 0.25) is 0 Å². The largest absolute Gasteiger partial charge is 0.354 e. The van der Waals surface area contributed by atoms with E-state index >= 15 is 0 Å². The van der Waals surface area contributed by atoms with Gasteiger partial charge < -0.3 is 14.9 Å². The Hall–Kier alpha value is -3.86. The summed E-state index contributed by atoms with van der Waals surface area (Å²) in [4.78, 5) is 20.8. The Morgan fingerprint density at radius 1 is 0.966 bits per heavy atom. The lowest BCUT2D eigenvalue weighted by atomic mass is 10.1. The van der Waals surface area contributed by atoms with Crippen LogP contribution in [0.3, 0.4) is 0 Å². The van der Waals surface area contributed by atoms with E-state index < -0.39 is 0 Å². The number of nitrogens with zero attached hydrogens (tertiary/aromatic N) is 2. The van der Waals surface area contributed by atoms with Crippen molar-refractivity contribution in [1.82, 2.24) is 14.5 Å². The van der Waals surface area contributed by atoms with E-state index in [0.29, 0.717) is 5.56 Å². The van der Waals surface area contributed by atoms with Crippen molar-refractivity contribution in [1.29, 1.82) is 0 Å². The zero-order chi connectivity index (χ0) is 20.0. The summed E-state index contributed by atoms with van der Waals surface area (Å²) >= 11 is 0. The molecular formula is C24H20N4O. The van der Waals surface area contributed by atoms with Crippen LogP contribution in [0.5, 0.6) is 0 Å². The van der Waals surface area contributed by atoms with Crippen molar-refractivity contribution in [3.63, 3.8) is 0 Å². The lowest BCUT2D eigenvalue weighted by Crippen LogP contribution is -2.12. The fraction of sp³-hybridized carbons (Fsp3) is 0.0833. The van der Waals surface area contributed by atoms with Gasteiger partial charge in [0.2, 0.25) is 0 Å². The smallest absolute Gasteiger partial charge is 0.257 e. The Morgan fingerprint density at radius 2 is 1.76 bits per heavy atom. The minimum absolute atomic E-state index is 0.141. The number of benzene rings is 3. The molecule has 5 aromatic rings. The SMILES string of the molecule is Cc1ncn(-c2cccc(NC(=O)c3cccc4c3[nH]c3ccccc34)c2)c1C. The molecular weight excluding hydrogens is 360 g/mol. The van der Waals surface area contributed by atoms with Crippen LogP contribution >= 0.6 is 0 Å². The predicted octanol–water partition coefficient (Wildman–Crippen LogP) is 5.38. The number of fused-ring (bicyclic) bond motifs is 3. The Bertz CT molecular complexity index is 1380. The Morgan fingerprint density at radius 3 is 2.59 bits per heavy atom. The third kappa shape index (κ3) is 2.88. The highest BCUT2D eigenvalue weighted by atomic mass is 16.1. The molecule has 29 heavy (non-hydrogen) atoms. The zero-order valence-electron chi connectivity index (χ0n) is 16.2. The van der Waals surface area contributed by atoms with Crippen LogP contribution in [-0.2, 0) is 0 Å². The van der Waals surface area contributed by atoms with Crippen molar-refractivity contribution in [2.45, 2.75) is 13.8 Å². The van der Waals surface area contributed by atoms with E-state index in [4.69, 9.17) is 0 Å². The van der Waals surface area contributed by atoms with E-state index in [1.807, 2.05) is 79.1 Å². The van der Waals surface area contributed by atoms with Gasteiger partial charge in [-0.2, -0.15) is 0 Å². The standard InChI is InChI=1S/C24H20N4O/c1-15-16(2)28(14-25-15)18-8-5-7-17(13-18)26-24(29)21-11-6-10-20-19-9-3-4-12-22(19)27-23(20)21/h3-14,27H,1-2H3,(H,26,29). The summed E-state index contributed by atoms with van der Waals surface area (Å²) in [6.45, 7) is 4.02. The lowest BCUT2D eigenvalue weighted by Gasteiger charge is -2.10. The summed E-state index contributed by atoms with van der Waals surface area (Å²) in [6.07, 6.45) is 1.80. The second-order valence-corrected chi connectivity index (χ2v) is 7.19. The third-order valence-corrected chi connectivity index (χ3v) is 5.42. The Balaban J connectivity index is 1.51. The lowest BCUT2D eigenvalue weighted by molar-refractivity contribution is 0.102. The maximum absolute atomic E-state index is 13.1. The molecule has 1 amide bonds. The van der Waals surface area contributed by atoms with Crippen LogP contribution in [0.1, 0.15) is 21.7 Å². The molecule has 2 N–H and O–H groups in total. The molecule has 0 fully saturated rings. The van der Waals surface area contributed by atoms with Crippen molar-refractivity contribution < 1.29 is 4.79 Å². The molecule has 5 rings (SSSR count). The molecule has 0 radical (unpaired) electrons. The molecule has 0 aliphatic carbocycles. The van der Waals surface area contributed by atoms with E-state index in [0.717, 1.165) is 44.6 Å². The highest BCUT2D eigenvalue weighted by Crippen LogP contribution is 2.28. The number of aryl methyl sites for hydroxylation is 1. The van der Waals surface area contributed by atoms with Gasteiger partial charge >= 0.3 is 0 Å². The fourth-order valence-corrected chi connectivity index (χ4v) is 3.75. The van der Waals surface area contributed by atoms with Crippen LogP contribution < -0.4 is 5.32 Å². The molecule has 3 aromatic carbocycles. The summed E-state index contributed by atoms with van der Waals surface area (Å²) in [5, 5.41) is 5.20. The molecule has 0 spiro atoms. The van der Waals surface area contributed by atoms with E-state index in [1.165, 1.54) is 0 Å². The van der Waals surface area contributed by atoms with Gasteiger partial charge in [-0.3, -0.25) is 4.79 Å². The number of nitrogens with one attached hydrogen (secondary N) is 2. The Labute approximate surface area is 168 Å². The van der Waals surface area contributed by atoms with Crippen LogP contribution in [-0.4, -0.2) is 20.4 Å².